The molecule has 0 aliphatic heterocycles. The molecule has 0 spiro atoms. The number of Topliss-reactive ketones (excluding diaryl/α,β-unsaturated/α-hetero) is 2. The molecule has 4 atom stereocenters. The molecule has 3 aliphatic carbocycles. The van der Waals surface area contributed by atoms with E-state index < -0.39 is 101 Å². The fourth-order valence-electron chi connectivity index (χ4n) is 7.88. The van der Waals surface area contributed by atoms with Gasteiger partial charge in [-0.1, -0.05) is 0 Å². The van der Waals surface area contributed by atoms with Gasteiger partial charge in [0.15, 0.2) is 11.4 Å². The summed E-state index contributed by atoms with van der Waals surface area (Å²) in [6.45, 7) is 4.76. The zero-order chi connectivity index (χ0) is 44.0. The van der Waals surface area contributed by atoms with E-state index in [-0.39, 0.29) is 41.1 Å². The van der Waals surface area contributed by atoms with Crippen LogP contribution in [0.5, 0.6) is 5.75 Å². The number of carbonyl (C=O) groups is 7. The maximum Gasteiger partial charge on any atom is 0.413 e. The number of aliphatic hydroxyl groups is 3. The molecule has 8 N–H and O–H groups in total. The maximum atomic E-state index is 14.3. The Kier molecular flexibility index (Phi) is 11.9. The average molecular weight is 821 g/mol. The molecule has 316 valence electrons. The van der Waals surface area contributed by atoms with Crippen LogP contribution >= 0.6 is 0 Å². The van der Waals surface area contributed by atoms with Crippen molar-refractivity contribution in [3.05, 3.63) is 63.9 Å². The summed E-state index contributed by atoms with van der Waals surface area (Å²) >= 11 is 0. The Morgan fingerprint density at radius 2 is 1.59 bits per heavy atom. The molecule has 19 nitrogen and oxygen atoms in total. The number of fused-ring (bicyclic) bond motifs is 3. The molecule has 19 heteroatoms. The molecule has 0 saturated heterocycles. The first-order valence-corrected chi connectivity index (χ1v) is 18.4. The number of esters is 1. The van der Waals surface area contributed by atoms with E-state index in [1.54, 1.807) is 39.8 Å². The molecule has 0 radical (unpaired) electrons. The molecular formula is C40H48N6O13. The van der Waals surface area contributed by atoms with Crippen molar-refractivity contribution in [2.75, 3.05) is 57.1 Å². The number of nitrogens with one attached hydrogen (secondary N) is 2. The van der Waals surface area contributed by atoms with Crippen LogP contribution in [0, 0.1) is 11.8 Å². The number of anilines is 3. The van der Waals surface area contributed by atoms with Gasteiger partial charge in [-0.25, -0.2) is 9.59 Å². The number of aliphatic hydroxyl groups excluding tert-OH is 2. The SMILES string of the molecule is CC(=O)Nc1ccc(C(=O)OCOC(=O)N(CC(=O)Nc2cc(N(C)C)c3c(c2O)C(O)=C2C(=O)[C@]4(O)C(O)=C(C(N)=O)C(=O)[C@@H](N(C)C)[C@@H]4C[C@@H]2C3)C(C)(C)C)cc1. The summed E-state index contributed by atoms with van der Waals surface area (Å²) in [4.78, 5) is 94.6. The number of phenols is 1. The molecule has 4 amide bonds. The predicted molar refractivity (Wildman–Crippen MR) is 211 cm³/mol. The van der Waals surface area contributed by atoms with E-state index in [0.29, 0.717) is 16.9 Å². The van der Waals surface area contributed by atoms with Crippen molar-refractivity contribution in [2.24, 2.45) is 17.6 Å². The normalized spacial score (nSPS) is 21.2. The number of likely N-dealkylation sites (N-methyl/N-ethyl adjacent to an activating group) is 1. The third-order valence-corrected chi connectivity index (χ3v) is 10.6. The van der Waals surface area contributed by atoms with Gasteiger partial charge in [0, 0.05) is 49.4 Å². The number of carbonyl (C=O) groups excluding carboxylic acids is 7. The number of rotatable bonds is 10. The second-order valence-corrected chi connectivity index (χ2v) is 16.0. The largest absolute Gasteiger partial charge is 0.508 e. The zero-order valence-electron chi connectivity index (χ0n) is 33.8. The van der Waals surface area contributed by atoms with Gasteiger partial charge in [-0.05, 0) is 89.5 Å². The Morgan fingerprint density at radius 1 is 0.966 bits per heavy atom. The van der Waals surface area contributed by atoms with Gasteiger partial charge in [0.1, 0.15) is 29.4 Å². The molecule has 0 unspecified atom stereocenters. The fourth-order valence-corrected chi connectivity index (χ4v) is 7.88. The molecule has 59 heavy (non-hydrogen) atoms. The minimum absolute atomic E-state index is 0.0143. The standard InChI is InChI=1S/C40H48N6O13/c1-18(47)42-21-11-9-19(10-12-21)37(55)58-17-59-38(56)46(39(2,3)4)16-26(48)43-24-15-25(44(5)6)22-13-20-14-23-30(45(7)8)33(51)29(36(41)54)35(53)40(23,57)34(52)27(20)32(50)28(22)31(24)49/h9-12,15,20,23,30,49-50,53,57H,13-14,16-17H2,1-8H3,(H2,41,54)(H,42,47)(H,43,48)/t20-,23-,30-,40-/m0/s1. The molecule has 3 aliphatic rings. The summed E-state index contributed by atoms with van der Waals surface area (Å²) in [5, 5.41) is 51.6. The van der Waals surface area contributed by atoms with Gasteiger partial charge >= 0.3 is 12.1 Å². The Labute approximate surface area is 339 Å². The quantitative estimate of drug-likeness (QED) is 0.0781. The zero-order valence-corrected chi connectivity index (χ0v) is 33.8. The van der Waals surface area contributed by atoms with E-state index in [4.69, 9.17) is 15.2 Å². The van der Waals surface area contributed by atoms with Crippen molar-refractivity contribution >= 4 is 64.2 Å². The lowest BCUT2D eigenvalue weighted by molar-refractivity contribution is -0.153. The first-order chi connectivity index (χ1) is 27.4. The van der Waals surface area contributed by atoms with Crippen molar-refractivity contribution < 1.29 is 63.5 Å². The highest BCUT2D eigenvalue weighted by Crippen LogP contribution is 2.54. The van der Waals surface area contributed by atoms with Crippen molar-refractivity contribution in [1.29, 1.82) is 0 Å². The number of hydrogen-bond donors (Lipinski definition) is 7. The Morgan fingerprint density at radius 3 is 2.14 bits per heavy atom. The lowest BCUT2D eigenvalue weighted by Crippen LogP contribution is -2.65. The maximum absolute atomic E-state index is 14.3. The number of ketones is 2. The Bertz CT molecular complexity index is 2210. The smallest absolute Gasteiger partial charge is 0.413 e. The molecule has 0 heterocycles. The lowest BCUT2D eigenvalue weighted by atomic mass is 9.57. The van der Waals surface area contributed by atoms with Gasteiger partial charge in [0.25, 0.3) is 5.91 Å². The summed E-state index contributed by atoms with van der Waals surface area (Å²) in [7, 11) is 6.35. The van der Waals surface area contributed by atoms with Crippen molar-refractivity contribution in [3.63, 3.8) is 0 Å². The lowest BCUT2D eigenvalue weighted by Gasteiger charge is -2.50. The molecule has 0 aromatic heterocycles. The van der Waals surface area contributed by atoms with Crippen molar-refractivity contribution in [1.82, 2.24) is 9.80 Å². The highest BCUT2D eigenvalue weighted by Gasteiger charge is 2.64. The van der Waals surface area contributed by atoms with E-state index in [9.17, 15) is 54.0 Å². The molecule has 1 saturated carbocycles. The predicted octanol–water partition coefficient (Wildman–Crippen LogP) is 1.98. The van der Waals surface area contributed by atoms with Crippen molar-refractivity contribution in [2.45, 2.75) is 57.7 Å². The monoisotopic (exact) mass is 820 g/mol. The highest BCUT2D eigenvalue weighted by molar-refractivity contribution is 6.24. The number of nitrogens with two attached hydrogens (primary N) is 1. The van der Waals surface area contributed by atoms with Crippen LogP contribution in [0.15, 0.2) is 47.2 Å². The number of phenolic OH excluding ortho intramolecular Hbond substituents is 1. The molecule has 0 bridgehead atoms. The molecular weight excluding hydrogens is 772 g/mol. The number of aromatic hydroxyl groups is 1. The van der Waals surface area contributed by atoms with Crippen LogP contribution in [-0.2, 0) is 39.9 Å². The molecule has 2 aromatic rings. The van der Waals surface area contributed by atoms with Gasteiger partial charge in [-0.3, -0.25) is 33.8 Å². The first-order valence-electron chi connectivity index (χ1n) is 18.4. The number of benzene rings is 2. The van der Waals surface area contributed by atoms with Crippen LogP contribution in [0.3, 0.4) is 0 Å². The Hall–Kier alpha value is -6.47. The van der Waals surface area contributed by atoms with Gasteiger partial charge in [0.05, 0.1) is 22.9 Å². The Balaban J connectivity index is 1.41. The number of primary amides is 1. The average Bonchev–Trinajstić information content (AvgIpc) is 3.12. The highest BCUT2D eigenvalue weighted by atomic mass is 16.7. The van der Waals surface area contributed by atoms with Crippen LogP contribution in [0.2, 0.25) is 0 Å². The second kappa shape index (κ2) is 16.1. The summed E-state index contributed by atoms with van der Waals surface area (Å²) in [5.41, 5.74) is 1.13. The topological polar surface area (TPSA) is 279 Å². The van der Waals surface area contributed by atoms with Gasteiger partial charge in [-0.15, -0.1) is 0 Å². The van der Waals surface area contributed by atoms with Crippen LogP contribution in [0.1, 0.15) is 55.6 Å². The van der Waals surface area contributed by atoms with E-state index in [1.807, 2.05) is 0 Å². The first kappa shape index (κ1) is 43.6. The van der Waals surface area contributed by atoms with Crippen LogP contribution in [-0.4, -0.2) is 130 Å². The second-order valence-electron chi connectivity index (χ2n) is 16.0. The van der Waals surface area contributed by atoms with E-state index in [1.165, 1.54) is 56.3 Å². The van der Waals surface area contributed by atoms with Crippen LogP contribution in [0.25, 0.3) is 5.76 Å². The van der Waals surface area contributed by atoms with Crippen LogP contribution in [0.4, 0.5) is 21.9 Å². The number of ether oxygens (including phenoxy) is 2. The van der Waals surface area contributed by atoms with E-state index in [0.717, 1.165) is 4.90 Å². The fraction of sp³-hybridized carbons (Fsp3) is 0.425. The summed E-state index contributed by atoms with van der Waals surface area (Å²) < 4.78 is 10.2. The number of amides is 4. The molecule has 1 fully saturated rings. The van der Waals surface area contributed by atoms with Gasteiger partial charge < -0.3 is 51.2 Å². The summed E-state index contributed by atoms with van der Waals surface area (Å²) in [6.07, 6.45) is -1.12. The van der Waals surface area contributed by atoms with E-state index in [2.05, 4.69) is 10.6 Å². The summed E-state index contributed by atoms with van der Waals surface area (Å²) in [5.74, 6) is -10.1. The van der Waals surface area contributed by atoms with E-state index >= 15 is 0 Å². The third kappa shape index (κ3) is 8.02. The van der Waals surface area contributed by atoms with Crippen molar-refractivity contribution in [3.8, 4) is 5.75 Å². The van der Waals surface area contributed by atoms with Crippen LogP contribution < -0.4 is 21.3 Å². The number of nitrogens with zero attached hydrogens (tertiary/aromatic N) is 3. The van der Waals surface area contributed by atoms with Gasteiger partial charge in [-0.2, -0.15) is 0 Å². The summed E-state index contributed by atoms with van der Waals surface area (Å²) in [6, 6.07) is 5.98. The minimum atomic E-state index is -2.83. The molecule has 2 aromatic carbocycles. The van der Waals surface area contributed by atoms with Gasteiger partial charge in [0.2, 0.25) is 24.4 Å². The third-order valence-electron chi connectivity index (χ3n) is 10.6. The minimum Gasteiger partial charge on any atom is -0.508 e. The molecule has 5 rings (SSSR count). The number of hydrogen-bond acceptors (Lipinski definition) is 15.